The van der Waals surface area contributed by atoms with Crippen LogP contribution in [0.15, 0.2) is 29.4 Å². The highest BCUT2D eigenvalue weighted by Crippen LogP contribution is 2.38. The zero-order valence-corrected chi connectivity index (χ0v) is 14.8. The highest BCUT2D eigenvalue weighted by molar-refractivity contribution is 7.11. The molecule has 1 amide bonds. The predicted octanol–water partition coefficient (Wildman–Crippen LogP) is 1.33. The van der Waals surface area contributed by atoms with Crippen molar-refractivity contribution in [1.82, 2.24) is 19.8 Å². The Morgan fingerprint density at radius 2 is 2.12 bits per heavy atom. The van der Waals surface area contributed by atoms with Gasteiger partial charge in [-0.05, 0) is 36.3 Å². The van der Waals surface area contributed by atoms with Crippen molar-refractivity contribution in [1.29, 1.82) is 0 Å². The summed E-state index contributed by atoms with van der Waals surface area (Å²) in [5.74, 6) is 1.10. The van der Waals surface area contributed by atoms with E-state index in [4.69, 9.17) is 0 Å². The molecule has 25 heavy (non-hydrogen) atoms. The monoisotopic (exact) mass is 357 g/mol. The molecule has 0 saturated carbocycles. The molecule has 7 heteroatoms. The maximum Gasteiger partial charge on any atom is 0.141 e. The lowest BCUT2D eigenvalue weighted by Crippen LogP contribution is -2.42. The molecule has 4 rings (SSSR count). The molecule has 2 aliphatic heterocycles. The number of hydrogen-bond donors (Lipinski definition) is 1. The largest absolute Gasteiger partial charge is 0.530 e. The third kappa shape index (κ3) is 3.34. The zero-order valence-electron chi connectivity index (χ0n) is 14.0. The Morgan fingerprint density at radius 1 is 1.28 bits per heavy atom. The third-order valence-electron chi connectivity index (χ3n) is 5.05. The molecule has 0 aromatic carbocycles. The van der Waals surface area contributed by atoms with Crippen LogP contribution in [0.25, 0.3) is 5.57 Å². The number of carbonyl (C=O) groups excluding carboxylic acids is 1. The quantitative estimate of drug-likeness (QED) is 0.899. The Bertz CT molecular complexity index is 753. The van der Waals surface area contributed by atoms with E-state index in [-0.39, 0.29) is 0 Å². The summed E-state index contributed by atoms with van der Waals surface area (Å²) in [6.07, 6.45) is 5.84. The summed E-state index contributed by atoms with van der Waals surface area (Å²) < 4.78 is 2.27. The van der Waals surface area contributed by atoms with Gasteiger partial charge in [0.1, 0.15) is 11.9 Å². The number of aromatic nitrogens is 2. The molecule has 0 radical (unpaired) electrons. The smallest absolute Gasteiger partial charge is 0.141 e. The Balaban J connectivity index is 1.56. The van der Waals surface area contributed by atoms with Crippen LogP contribution < -0.4 is 10.4 Å². The topological polar surface area (TPSA) is 73.2 Å². The Hall–Kier alpha value is -2.12. The number of nitrogens with one attached hydrogen (secondary N) is 1. The predicted molar refractivity (Wildman–Crippen MR) is 95.3 cm³/mol. The van der Waals surface area contributed by atoms with Crippen LogP contribution in [0.5, 0.6) is 0 Å². The number of imidazole rings is 1. The summed E-state index contributed by atoms with van der Waals surface area (Å²) in [6, 6.07) is 2.24. The molecule has 4 heterocycles. The lowest BCUT2D eigenvalue weighted by Gasteiger charge is -2.29. The minimum atomic E-state index is -1.20. The second-order valence-electron chi connectivity index (χ2n) is 6.50. The molecule has 2 aromatic rings. The van der Waals surface area contributed by atoms with Crippen molar-refractivity contribution in [2.24, 2.45) is 0 Å². The summed E-state index contributed by atoms with van der Waals surface area (Å²) in [7, 11) is 0. The van der Waals surface area contributed by atoms with Crippen molar-refractivity contribution >= 4 is 23.0 Å². The average molecular weight is 357 g/mol. The van der Waals surface area contributed by atoms with Crippen LogP contribution in [0.4, 0.5) is 4.79 Å². The van der Waals surface area contributed by atoms with Gasteiger partial charge >= 0.3 is 0 Å². The second-order valence-corrected chi connectivity index (χ2v) is 7.42. The van der Waals surface area contributed by atoms with Crippen LogP contribution in [0.1, 0.15) is 29.1 Å². The summed E-state index contributed by atoms with van der Waals surface area (Å²) in [5.41, 5.74) is 4.24. The Kier molecular flexibility index (Phi) is 4.59. The SMILES string of the molecule is O=C([O-])NCCN1CCC(=C2c3sccc3CCn3ccnc32)CC1. The maximum atomic E-state index is 10.5. The molecule has 132 valence electrons. The van der Waals surface area contributed by atoms with E-state index in [1.807, 2.05) is 17.5 Å². The number of carboxylic acid groups (broad SMARTS) is 1. The molecule has 2 aromatic heterocycles. The first-order valence-electron chi connectivity index (χ1n) is 8.70. The van der Waals surface area contributed by atoms with Gasteiger partial charge in [0, 0.05) is 55.6 Å². The van der Waals surface area contributed by atoms with Crippen LogP contribution in [0.2, 0.25) is 0 Å². The Labute approximate surface area is 150 Å². The van der Waals surface area contributed by atoms with Crippen LogP contribution >= 0.6 is 11.3 Å². The fraction of sp³-hybridized carbons (Fsp3) is 0.444. The molecule has 0 spiro atoms. The third-order valence-corrected chi connectivity index (χ3v) is 6.02. The van der Waals surface area contributed by atoms with Gasteiger partial charge in [0.05, 0.1) is 0 Å². The molecule has 0 unspecified atom stereocenters. The molecule has 0 aliphatic carbocycles. The number of aryl methyl sites for hydroxylation is 2. The van der Waals surface area contributed by atoms with Gasteiger partial charge in [-0.2, -0.15) is 0 Å². The van der Waals surface area contributed by atoms with Crippen molar-refractivity contribution in [2.75, 3.05) is 26.2 Å². The number of hydrogen-bond acceptors (Lipinski definition) is 5. The summed E-state index contributed by atoms with van der Waals surface area (Å²) in [4.78, 5) is 18.8. The number of likely N-dealkylation sites (tertiary alicyclic amines) is 1. The highest BCUT2D eigenvalue weighted by Gasteiger charge is 2.25. The number of piperidine rings is 1. The number of carbonyl (C=O) groups is 1. The lowest BCUT2D eigenvalue weighted by atomic mass is 9.95. The van der Waals surface area contributed by atoms with Crippen molar-refractivity contribution in [3.05, 3.63) is 45.7 Å². The molecular formula is C18H21N4O2S-. The van der Waals surface area contributed by atoms with Crippen molar-refractivity contribution in [2.45, 2.75) is 25.8 Å². The zero-order chi connectivity index (χ0) is 17.2. The van der Waals surface area contributed by atoms with Gasteiger partial charge in [-0.15, -0.1) is 11.3 Å². The summed E-state index contributed by atoms with van der Waals surface area (Å²) >= 11 is 1.82. The fourth-order valence-electron chi connectivity index (χ4n) is 3.74. The van der Waals surface area contributed by atoms with E-state index in [1.165, 1.54) is 21.6 Å². The number of fused-ring (bicyclic) bond motifs is 2. The number of nitrogens with zero attached hydrogens (tertiary/aromatic N) is 3. The van der Waals surface area contributed by atoms with E-state index in [2.05, 4.69) is 37.4 Å². The van der Waals surface area contributed by atoms with E-state index in [9.17, 15) is 9.90 Å². The molecule has 6 nitrogen and oxygen atoms in total. The fourth-order valence-corrected chi connectivity index (χ4v) is 4.79. The number of thiophene rings is 1. The van der Waals surface area contributed by atoms with Gasteiger partial charge in [-0.3, -0.25) is 0 Å². The average Bonchev–Trinajstić information content (AvgIpc) is 3.22. The highest BCUT2D eigenvalue weighted by atomic mass is 32.1. The standard InChI is InChI=1S/C18H22N4O2S/c23-18(24)20-5-10-21-7-1-13(2-8-21)15-16-14(4-12-25-16)3-9-22-11-6-19-17(15)22/h4,6,11-12,20H,1-3,5,7-10H2,(H,23,24)/p-1. The first kappa shape index (κ1) is 16.4. The van der Waals surface area contributed by atoms with Gasteiger partial charge in [0.25, 0.3) is 0 Å². The summed E-state index contributed by atoms with van der Waals surface area (Å²) in [6.45, 7) is 4.05. The molecule has 0 atom stereocenters. The van der Waals surface area contributed by atoms with Gasteiger partial charge in [-0.25, -0.2) is 4.98 Å². The normalized spacial score (nSPS) is 17.8. The van der Waals surface area contributed by atoms with Gasteiger partial charge in [-0.1, -0.05) is 5.57 Å². The van der Waals surface area contributed by atoms with Gasteiger partial charge in [0.2, 0.25) is 0 Å². The van der Waals surface area contributed by atoms with Gasteiger partial charge < -0.3 is 24.7 Å². The summed E-state index contributed by atoms with van der Waals surface area (Å²) in [5, 5.41) is 15.0. The van der Waals surface area contributed by atoms with Crippen LogP contribution in [0, 0.1) is 0 Å². The number of amides is 1. The first-order chi connectivity index (χ1) is 12.2. The molecule has 0 bridgehead atoms. The van der Waals surface area contributed by atoms with Crippen molar-refractivity contribution < 1.29 is 9.90 Å². The number of rotatable bonds is 3. The minimum absolute atomic E-state index is 0.424. The molecule has 2 aliphatic rings. The van der Waals surface area contributed by atoms with Crippen LogP contribution in [-0.4, -0.2) is 46.7 Å². The van der Waals surface area contributed by atoms with E-state index in [0.717, 1.165) is 51.3 Å². The molecular weight excluding hydrogens is 336 g/mol. The van der Waals surface area contributed by atoms with Crippen molar-refractivity contribution in [3.8, 4) is 0 Å². The maximum absolute atomic E-state index is 10.5. The minimum Gasteiger partial charge on any atom is -0.530 e. The molecule has 1 fully saturated rings. The second kappa shape index (κ2) is 7.01. The Morgan fingerprint density at radius 3 is 2.92 bits per heavy atom. The van der Waals surface area contributed by atoms with Crippen molar-refractivity contribution in [3.63, 3.8) is 0 Å². The van der Waals surface area contributed by atoms with Crippen LogP contribution in [-0.2, 0) is 13.0 Å². The van der Waals surface area contributed by atoms with E-state index in [0.29, 0.717) is 6.54 Å². The lowest BCUT2D eigenvalue weighted by molar-refractivity contribution is -0.250. The molecule has 1 N–H and O–H groups in total. The molecule has 1 saturated heterocycles. The van der Waals surface area contributed by atoms with E-state index < -0.39 is 6.09 Å². The van der Waals surface area contributed by atoms with Gasteiger partial charge in [0.15, 0.2) is 0 Å². The van der Waals surface area contributed by atoms with Crippen LogP contribution in [0.3, 0.4) is 0 Å². The van der Waals surface area contributed by atoms with E-state index >= 15 is 0 Å². The first-order valence-corrected chi connectivity index (χ1v) is 9.58. The van der Waals surface area contributed by atoms with E-state index in [1.54, 1.807) is 0 Å².